The Balaban J connectivity index is 1.92. The molecule has 1 aliphatic heterocycles. The van der Waals surface area contributed by atoms with Crippen LogP contribution in [0.1, 0.15) is 25.3 Å². The van der Waals surface area contributed by atoms with Gasteiger partial charge < -0.3 is 19.1 Å². The number of esters is 3. The number of carbonyl (C=O) groups excluding carboxylic acids is 3. The zero-order valence-corrected chi connectivity index (χ0v) is 20.7. The Morgan fingerprint density at radius 3 is 1.86 bits per heavy atom. The number of hydrogen-bond donors (Lipinski definition) is 0. The molecule has 3 aromatic rings. The van der Waals surface area contributed by atoms with E-state index in [9.17, 15) is 14.4 Å². The minimum absolute atomic E-state index is 0.0368. The lowest BCUT2D eigenvalue weighted by molar-refractivity contribution is -0.173. The second-order valence-corrected chi connectivity index (χ2v) is 8.56. The van der Waals surface area contributed by atoms with Crippen molar-refractivity contribution in [3.05, 3.63) is 95.5 Å². The molecular weight excluding hydrogens is 482 g/mol. The van der Waals surface area contributed by atoms with E-state index < -0.39 is 35.4 Å². The monoisotopic (exact) mass is 507 g/mol. The molecule has 4 rings (SSSR count). The first-order valence-corrected chi connectivity index (χ1v) is 12.0. The number of halogens is 1. The maximum atomic E-state index is 13.7. The normalized spacial score (nSPS) is 18.0. The van der Waals surface area contributed by atoms with Gasteiger partial charge in [0.1, 0.15) is 11.8 Å². The van der Waals surface area contributed by atoms with Crippen LogP contribution in [0.15, 0.2) is 84.9 Å². The van der Waals surface area contributed by atoms with Gasteiger partial charge in [-0.15, -0.1) is 0 Å². The van der Waals surface area contributed by atoms with Gasteiger partial charge in [0.2, 0.25) is 5.54 Å². The summed E-state index contributed by atoms with van der Waals surface area (Å²) in [5.41, 5.74) is -0.941. The number of rotatable bonds is 8. The lowest BCUT2D eigenvalue weighted by Gasteiger charge is -2.59. The van der Waals surface area contributed by atoms with Crippen LogP contribution >= 0.6 is 11.6 Å². The third-order valence-electron chi connectivity index (χ3n) is 6.06. The van der Waals surface area contributed by atoms with E-state index in [1.165, 1.54) is 4.90 Å². The molecule has 1 aliphatic rings. The van der Waals surface area contributed by atoms with Crippen molar-refractivity contribution < 1.29 is 28.6 Å². The van der Waals surface area contributed by atoms with E-state index in [4.69, 9.17) is 25.8 Å². The number of ether oxygens (including phenoxy) is 3. The van der Waals surface area contributed by atoms with Crippen molar-refractivity contribution in [1.29, 1.82) is 0 Å². The molecule has 0 spiro atoms. The van der Waals surface area contributed by atoms with E-state index in [0.29, 0.717) is 22.0 Å². The summed E-state index contributed by atoms with van der Waals surface area (Å²) >= 11 is 6.12. The number of nitrogens with zero attached hydrogens (tertiary/aromatic N) is 1. The summed E-state index contributed by atoms with van der Waals surface area (Å²) in [4.78, 5) is 42.5. The molecule has 0 N–H and O–H groups in total. The van der Waals surface area contributed by atoms with E-state index >= 15 is 0 Å². The molecule has 36 heavy (non-hydrogen) atoms. The van der Waals surface area contributed by atoms with Gasteiger partial charge in [-0.2, -0.15) is 0 Å². The predicted octanol–water partition coefficient (Wildman–Crippen LogP) is 4.78. The summed E-state index contributed by atoms with van der Waals surface area (Å²) in [5.74, 6) is -2.87. The van der Waals surface area contributed by atoms with Gasteiger partial charge in [-0.1, -0.05) is 60.1 Å². The fourth-order valence-corrected chi connectivity index (χ4v) is 4.76. The average molecular weight is 508 g/mol. The predicted molar refractivity (Wildman–Crippen MR) is 135 cm³/mol. The number of anilines is 1. The third-order valence-corrected chi connectivity index (χ3v) is 6.32. The Kier molecular flexibility index (Phi) is 7.60. The smallest absolute Gasteiger partial charge is 0.344 e. The molecule has 3 aromatic carbocycles. The van der Waals surface area contributed by atoms with E-state index in [2.05, 4.69) is 0 Å². The van der Waals surface area contributed by atoms with Gasteiger partial charge in [-0.3, -0.25) is 0 Å². The number of hydrogen-bond acceptors (Lipinski definition) is 7. The molecule has 186 valence electrons. The molecule has 0 aliphatic carbocycles. The van der Waals surface area contributed by atoms with Crippen molar-refractivity contribution >= 4 is 35.2 Å². The van der Waals surface area contributed by atoms with E-state index in [1.54, 1.807) is 98.8 Å². The molecule has 0 radical (unpaired) electrons. The Hall–Kier alpha value is -3.84. The van der Waals surface area contributed by atoms with E-state index in [-0.39, 0.29) is 13.2 Å². The molecule has 8 heteroatoms. The summed E-state index contributed by atoms with van der Waals surface area (Å²) in [6.07, 6.45) is 0. The Labute approximate surface area is 214 Å². The molecular formula is C28H26ClNO6. The van der Waals surface area contributed by atoms with Crippen molar-refractivity contribution in [3.8, 4) is 5.75 Å². The summed E-state index contributed by atoms with van der Waals surface area (Å²) in [5, 5.41) is 0.472. The van der Waals surface area contributed by atoms with Crippen molar-refractivity contribution in [2.45, 2.75) is 31.3 Å². The fraction of sp³-hybridized carbons (Fsp3) is 0.250. The molecule has 2 atom stereocenters. The molecule has 0 aromatic heterocycles. The number of benzene rings is 3. The van der Waals surface area contributed by atoms with Crippen molar-refractivity contribution in [2.75, 3.05) is 18.1 Å². The number of para-hydroxylation sites is 2. The van der Waals surface area contributed by atoms with E-state index in [0.717, 1.165) is 0 Å². The summed E-state index contributed by atoms with van der Waals surface area (Å²) in [7, 11) is 0. The van der Waals surface area contributed by atoms with Crippen LogP contribution < -0.4 is 9.64 Å². The largest absolute Gasteiger partial charge is 0.464 e. The van der Waals surface area contributed by atoms with Crippen LogP contribution in [0.3, 0.4) is 0 Å². The molecule has 1 fully saturated rings. The van der Waals surface area contributed by atoms with Crippen LogP contribution in [0.2, 0.25) is 5.02 Å². The second-order valence-electron chi connectivity index (χ2n) is 8.12. The molecule has 0 saturated carbocycles. The first-order valence-electron chi connectivity index (χ1n) is 11.7. The van der Waals surface area contributed by atoms with E-state index in [1.807, 2.05) is 0 Å². The SMILES string of the molecule is CCOC(=O)C1(C(=O)OCC)C(c2ccc(Cl)cc2)C(C(=O)Oc2ccccc2)N1c1ccccc1. The zero-order valence-electron chi connectivity index (χ0n) is 19.9. The molecule has 2 unspecified atom stereocenters. The minimum atomic E-state index is -1.96. The Bertz CT molecular complexity index is 1200. The highest BCUT2D eigenvalue weighted by molar-refractivity contribution is 6.30. The van der Waals surface area contributed by atoms with Crippen LogP contribution in [0.25, 0.3) is 0 Å². The van der Waals surface area contributed by atoms with Gasteiger partial charge >= 0.3 is 17.9 Å². The molecule has 0 bridgehead atoms. The van der Waals surface area contributed by atoms with Gasteiger partial charge in [-0.25, -0.2) is 14.4 Å². The lowest BCUT2D eigenvalue weighted by atomic mass is 9.63. The van der Waals surface area contributed by atoms with Gasteiger partial charge in [0.25, 0.3) is 0 Å². The first kappa shape index (κ1) is 25.3. The molecule has 7 nitrogen and oxygen atoms in total. The highest BCUT2D eigenvalue weighted by Gasteiger charge is 2.74. The first-order chi connectivity index (χ1) is 17.4. The molecule has 1 saturated heterocycles. The standard InChI is InChI=1S/C28H26ClNO6/c1-3-34-26(32)28(27(33)35-4-2)23(19-15-17-20(29)18-16-19)24(30(28)21-11-7-5-8-12-21)25(31)36-22-13-9-6-10-14-22/h5-18,23-24H,3-4H2,1-2H3. The summed E-state index contributed by atoms with van der Waals surface area (Å²) in [6.45, 7) is 3.38. The maximum absolute atomic E-state index is 13.7. The number of carbonyl (C=O) groups is 3. The van der Waals surface area contributed by atoms with Crippen LogP contribution in [0, 0.1) is 0 Å². The fourth-order valence-electron chi connectivity index (χ4n) is 4.63. The quantitative estimate of drug-likeness (QED) is 0.246. The topological polar surface area (TPSA) is 82.1 Å². The van der Waals surface area contributed by atoms with Gasteiger partial charge in [0.15, 0.2) is 0 Å². The average Bonchev–Trinajstić information content (AvgIpc) is 2.86. The highest BCUT2D eigenvalue weighted by atomic mass is 35.5. The van der Waals surface area contributed by atoms with Crippen LogP contribution in [-0.4, -0.2) is 42.7 Å². The second kappa shape index (κ2) is 10.8. The van der Waals surface area contributed by atoms with Gasteiger partial charge in [0.05, 0.1) is 19.1 Å². The van der Waals surface area contributed by atoms with Crippen molar-refractivity contribution in [3.63, 3.8) is 0 Å². The zero-order chi connectivity index (χ0) is 25.7. The van der Waals surface area contributed by atoms with Crippen LogP contribution in [-0.2, 0) is 23.9 Å². The van der Waals surface area contributed by atoms with Gasteiger partial charge in [-0.05, 0) is 55.8 Å². The van der Waals surface area contributed by atoms with Crippen molar-refractivity contribution in [2.24, 2.45) is 0 Å². The highest BCUT2D eigenvalue weighted by Crippen LogP contribution is 2.53. The van der Waals surface area contributed by atoms with Crippen LogP contribution in [0.5, 0.6) is 5.75 Å². The van der Waals surface area contributed by atoms with Gasteiger partial charge in [0, 0.05) is 10.7 Å². The lowest BCUT2D eigenvalue weighted by Crippen LogP contribution is -2.81. The van der Waals surface area contributed by atoms with Crippen molar-refractivity contribution in [1.82, 2.24) is 0 Å². The molecule has 1 heterocycles. The Morgan fingerprint density at radius 2 is 1.33 bits per heavy atom. The summed E-state index contributed by atoms with van der Waals surface area (Å²) in [6, 6.07) is 23.0. The summed E-state index contributed by atoms with van der Waals surface area (Å²) < 4.78 is 16.6. The maximum Gasteiger partial charge on any atom is 0.344 e. The molecule has 0 amide bonds. The minimum Gasteiger partial charge on any atom is -0.464 e. The Morgan fingerprint density at radius 1 is 0.806 bits per heavy atom. The van der Waals surface area contributed by atoms with Crippen LogP contribution in [0.4, 0.5) is 5.69 Å². The third kappa shape index (κ3) is 4.42.